The van der Waals surface area contributed by atoms with Crippen molar-refractivity contribution < 1.29 is 18.3 Å². The maximum absolute atomic E-state index is 13.2. The van der Waals surface area contributed by atoms with E-state index in [1.54, 1.807) is 0 Å². The van der Waals surface area contributed by atoms with Crippen molar-refractivity contribution in [2.24, 2.45) is 5.73 Å². The molecule has 0 aliphatic carbocycles. The zero-order valence-electron chi connectivity index (χ0n) is 8.42. The van der Waals surface area contributed by atoms with E-state index in [0.717, 1.165) is 6.07 Å². The molecule has 0 fully saturated rings. The van der Waals surface area contributed by atoms with E-state index in [9.17, 15) is 13.2 Å². The van der Waals surface area contributed by atoms with E-state index < -0.39 is 23.5 Å². The van der Waals surface area contributed by atoms with Gasteiger partial charge in [-0.3, -0.25) is 0 Å². The van der Waals surface area contributed by atoms with Gasteiger partial charge in [0.1, 0.15) is 5.82 Å². The summed E-state index contributed by atoms with van der Waals surface area (Å²) in [5.41, 5.74) is 5.34. The topological polar surface area (TPSA) is 46.2 Å². The Morgan fingerprint density at radius 2 is 1.88 bits per heavy atom. The highest BCUT2D eigenvalue weighted by atomic mass is 35.5. The number of hydrogen-bond donors (Lipinski definition) is 2. The maximum atomic E-state index is 13.2. The fraction of sp³-hybridized carbons (Fsp3) is 0.400. The molecule has 16 heavy (non-hydrogen) atoms. The van der Waals surface area contributed by atoms with Crippen molar-refractivity contribution in [1.82, 2.24) is 0 Å². The quantitative estimate of drug-likeness (QED) is 0.811. The van der Waals surface area contributed by atoms with E-state index in [-0.39, 0.29) is 31.0 Å². The van der Waals surface area contributed by atoms with Crippen molar-refractivity contribution in [3.05, 3.63) is 35.1 Å². The summed E-state index contributed by atoms with van der Waals surface area (Å²) in [6.07, 6.45) is 0.634. The predicted octanol–water partition coefficient (Wildman–Crippen LogP) is 2.30. The lowest BCUT2D eigenvalue weighted by Crippen LogP contribution is -2.14. The Morgan fingerprint density at radius 1 is 1.25 bits per heavy atom. The Balaban J connectivity index is 0.00000225. The first-order valence-electron chi connectivity index (χ1n) is 4.57. The summed E-state index contributed by atoms with van der Waals surface area (Å²) in [4.78, 5) is 0. The molecular formula is C10H13ClF3NO. The van der Waals surface area contributed by atoms with Crippen LogP contribution in [0.3, 0.4) is 0 Å². The lowest BCUT2D eigenvalue weighted by molar-refractivity contribution is 0.279. The minimum absolute atomic E-state index is 0. The van der Waals surface area contributed by atoms with E-state index in [4.69, 9.17) is 10.8 Å². The van der Waals surface area contributed by atoms with E-state index in [1.165, 1.54) is 0 Å². The number of benzene rings is 1. The average Bonchev–Trinajstić information content (AvgIpc) is 2.19. The molecule has 0 saturated heterocycles. The highest BCUT2D eigenvalue weighted by molar-refractivity contribution is 5.85. The molecule has 0 aromatic heterocycles. The molecule has 2 nitrogen and oxygen atoms in total. The minimum Gasteiger partial charge on any atom is -0.396 e. The maximum Gasteiger partial charge on any atom is 0.163 e. The van der Waals surface area contributed by atoms with Crippen molar-refractivity contribution >= 4 is 12.4 Å². The first-order valence-corrected chi connectivity index (χ1v) is 4.57. The molecule has 1 rings (SSSR count). The number of hydrogen-bond acceptors (Lipinski definition) is 2. The normalized spacial score (nSPS) is 12.1. The lowest BCUT2D eigenvalue weighted by Gasteiger charge is -2.12. The van der Waals surface area contributed by atoms with Gasteiger partial charge < -0.3 is 10.8 Å². The molecule has 0 heterocycles. The zero-order valence-corrected chi connectivity index (χ0v) is 9.24. The second kappa shape index (κ2) is 6.73. The Kier molecular flexibility index (Phi) is 6.40. The molecule has 0 saturated carbocycles. The van der Waals surface area contributed by atoms with Crippen LogP contribution in [0.4, 0.5) is 13.2 Å². The molecule has 3 N–H and O–H groups in total. The van der Waals surface area contributed by atoms with Gasteiger partial charge in [-0.15, -0.1) is 12.4 Å². The van der Waals surface area contributed by atoms with Crippen LogP contribution in [0.5, 0.6) is 0 Å². The van der Waals surface area contributed by atoms with E-state index in [2.05, 4.69) is 0 Å². The van der Waals surface area contributed by atoms with Crippen molar-refractivity contribution in [3.63, 3.8) is 0 Å². The highest BCUT2D eigenvalue weighted by Crippen LogP contribution is 2.22. The SMILES string of the molecule is Cl.N[C@H](CCCO)c1cc(F)cc(F)c1F. The fourth-order valence-electron chi connectivity index (χ4n) is 1.31. The van der Waals surface area contributed by atoms with Crippen molar-refractivity contribution in [2.75, 3.05) is 6.61 Å². The molecule has 0 bridgehead atoms. The number of halogens is 4. The van der Waals surface area contributed by atoms with Crippen molar-refractivity contribution in [3.8, 4) is 0 Å². The van der Waals surface area contributed by atoms with E-state index in [1.807, 2.05) is 0 Å². The van der Waals surface area contributed by atoms with Crippen molar-refractivity contribution in [2.45, 2.75) is 18.9 Å². The Labute approximate surface area is 97.7 Å². The van der Waals surface area contributed by atoms with E-state index >= 15 is 0 Å². The van der Waals surface area contributed by atoms with Gasteiger partial charge in [-0.25, -0.2) is 13.2 Å². The van der Waals surface area contributed by atoms with Gasteiger partial charge in [0.15, 0.2) is 11.6 Å². The summed E-state index contributed by atoms with van der Waals surface area (Å²) < 4.78 is 38.8. The van der Waals surface area contributed by atoms with Crippen LogP contribution in [0.2, 0.25) is 0 Å². The third-order valence-corrected chi connectivity index (χ3v) is 2.09. The van der Waals surface area contributed by atoms with E-state index in [0.29, 0.717) is 12.5 Å². The van der Waals surface area contributed by atoms with Gasteiger partial charge in [0.2, 0.25) is 0 Å². The third kappa shape index (κ3) is 3.66. The largest absolute Gasteiger partial charge is 0.396 e. The van der Waals surface area contributed by atoms with Gasteiger partial charge in [-0.05, 0) is 18.9 Å². The first-order chi connectivity index (χ1) is 7.06. The van der Waals surface area contributed by atoms with Crippen LogP contribution in [0, 0.1) is 17.5 Å². The Morgan fingerprint density at radius 3 is 2.44 bits per heavy atom. The molecule has 0 amide bonds. The van der Waals surface area contributed by atoms with Gasteiger partial charge in [0.25, 0.3) is 0 Å². The number of aliphatic hydroxyl groups excluding tert-OH is 1. The standard InChI is InChI=1S/C10H12F3NO.ClH/c11-6-4-7(9(14)2-1-3-15)10(13)8(12)5-6;/h4-5,9,15H,1-3,14H2;1H/t9-;/m1./s1. The van der Waals surface area contributed by atoms with Crippen LogP contribution < -0.4 is 5.73 Å². The molecular weight excluding hydrogens is 243 g/mol. The fourth-order valence-corrected chi connectivity index (χ4v) is 1.31. The van der Waals surface area contributed by atoms with Crippen LogP contribution in [0.15, 0.2) is 12.1 Å². The summed E-state index contributed by atoms with van der Waals surface area (Å²) in [5.74, 6) is -3.23. The molecule has 0 radical (unpaired) electrons. The third-order valence-electron chi connectivity index (χ3n) is 2.09. The first kappa shape index (κ1) is 15.2. The second-order valence-corrected chi connectivity index (χ2v) is 3.26. The molecule has 1 aromatic rings. The number of nitrogens with two attached hydrogens (primary N) is 1. The van der Waals surface area contributed by atoms with Crippen LogP contribution >= 0.6 is 12.4 Å². The summed E-state index contributed by atoms with van der Waals surface area (Å²) >= 11 is 0. The molecule has 1 aromatic carbocycles. The van der Waals surface area contributed by atoms with Gasteiger partial charge in [0, 0.05) is 24.3 Å². The summed E-state index contributed by atoms with van der Waals surface area (Å²) in [6, 6.07) is 0.542. The number of aliphatic hydroxyl groups is 1. The molecule has 92 valence electrons. The minimum atomic E-state index is -1.25. The molecule has 0 unspecified atom stereocenters. The molecule has 6 heteroatoms. The summed E-state index contributed by atoms with van der Waals surface area (Å²) in [6.45, 7) is -0.0902. The summed E-state index contributed by atoms with van der Waals surface area (Å²) in [5, 5.41) is 8.54. The average molecular weight is 256 g/mol. The number of rotatable bonds is 4. The molecule has 0 aliphatic heterocycles. The zero-order chi connectivity index (χ0) is 11.4. The van der Waals surface area contributed by atoms with Crippen LogP contribution in [-0.2, 0) is 0 Å². The van der Waals surface area contributed by atoms with Crippen LogP contribution in [0.25, 0.3) is 0 Å². The van der Waals surface area contributed by atoms with Gasteiger partial charge in [-0.1, -0.05) is 0 Å². The highest BCUT2D eigenvalue weighted by Gasteiger charge is 2.16. The summed E-state index contributed by atoms with van der Waals surface area (Å²) in [7, 11) is 0. The van der Waals surface area contributed by atoms with Crippen LogP contribution in [0.1, 0.15) is 24.4 Å². The van der Waals surface area contributed by atoms with Gasteiger partial charge in [0.05, 0.1) is 0 Å². The monoisotopic (exact) mass is 255 g/mol. The predicted molar refractivity (Wildman–Crippen MR) is 56.8 cm³/mol. The van der Waals surface area contributed by atoms with Gasteiger partial charge in [-0.2, -0.15) is 0 Å². The van der Waals surface area contributed by atoms with Crippen molar-refractivity contribution in [1.29, 1.82) is 0 Å². The smallest absolute Gasteiger partial charge is 0.163 e. The molecule has 0 aliphatic rings. The Bertz CT molecular complexity index is 349. The lowest BCUT2D eigenvalue weighted by atomic mass is 10.0. The van der Waals surface area contributed by atoms with Gasteiger partial charge >= 0.3 is 0 Å². The second-order valence-electron chi connectivity index (χ2n) is 3.26. The molecule has 1 atom stereocenters. The van der Waals surface area contributed by atoms with Crippen LogP contribution in [-0.4, -0.2) is 11.7 Å². The molecule has 0 spiro atoms. The Hall–Kier alpha value is -0.780.